The van der Waals surface area contributed by atoms with E-state index in [4.69, 9.17) is 10.5 Å². The molecule has 0 bridgehead atoms. The van der Waals surface area contributed by atoms with Crippen LogP contribution in [0, 0.1) is 0 Å². The Balaban J connectivity index is 2.52. The van der Waals surface area contributed by atoms with Crippen molar-refractivity contribution in [1.29, 1.82) is 0 Å². The Hall–Kier alpha value is -1.89. The molecule has 1 aromatic rings. The molecule has 1 amide bonds. The summed E-state index contributed by atoms with van der Waals surface area (Å²) in [4.78, 5) is 13.2. The number of carbonyl (C=O) groups excluding carboxylic acids is 1. The molecule has 0 aliphatic heterocycles. The largest absolute Gasteiger partial charge is 0.495 e. The first kappa shape index (κ1) is 16.2. The number of nitrogens with zero attached hydrogens (tertiary/aromatic N) is 1. The Morgan fingerprint density at radius 3 is 2.80 bits per heavy atom. The topological polar surface area (TPSA) is 67.6 Å². The minimum atomic E-state index is -2.41. The van der Waals surface area contributed by atoms with Crippen LogP contribution < -0.4 is 15.8 Å². The maximum Gasteiger partial charge on any atom is 0.251 e. The van der Waals surface area contributed by atoms with Gasteiger partial charge in [-0.1, -0.05) is 0 Å². The number of nitrogens with one attached hydrogen (secondary N) is 1. The predicted molar refractivity (Wildman–Crippen MR) is 74.2 cm³/mol. The van der Waals surface area contributed by atoms with Crippen LogP contribution in [0.25, 0.3) is 0 Å². The summed E-state index contributed by atoms with van der Waals surface area (Å²) in [7, 11) is 3.03. The lowest BCUT2D eigenvalue weighted by Crippen LogP contribution is -2.28. The summed E-state index contributed by atoms with van der Waals surface area (Å²) in [6.45, 7) is -0.101. The number of carbonyl (C=O) groups is 1. The molecule has 0 aliphatic rings. The van der Waals surface area contributed by atoms with Gasteiger partial charge in [0.1, 0.15) is 5.75 Å². The van der Waals surface area contributed by atoms with Crippen molar-refractivity contribution in [3.05, 3.63) is 18.2 Å². The van der Waals surface area contributed by atoms with Gasteiger partial charge in [0.2, 0.25) is 5.91 Å². The number of methoxy groups -OCH3 is 1. The fraction of sp³-hybridized carbons (Fsp3) is 0.462. The van der Waals surface area contributed by atoms with E-state index in [0.29, 0.717) is 17.1 Å². The quantitative estimate of drug-likeness (QED) is 0.750. The maximum atomic E-state index is 12.1. The molecule has 20 heavy (non-hydrogen) atoms. The van der Waals surface area contributed by atoms with Gasteiger partial charge in [0.15, 0.2) is 0 Å². The van der Waals surface area contributed by atoms with Gasteiger partial charge in [-0.15, -0.1) is 0 Å². The van der Waals surface area contributed by atoms with Crippen LogP contribution in [-0.2, 0) is 4.79 Å². The number of amides is 1. The number of anilines is 2. The van der Waals surface area contributed by atoms with Crippen molar-refractivity contribution in [3.8, 4) is 5.75 Å². The summed E-state index contributed by atoms with van der Waals surface area (Å²) >= 11 is 0. The smallest absolute Gasteiger partial charge is 0.251 e. The molecule has 3 N–H and O–H groups in total. The van der Waals surface area contributed by atoms with E-state index in [0.717, 1.165) is 0 Å². The molecule has 0 saturated heterocycles. The van der Waals surface area contributed by atoms with Crippen LogP contribution in [0.1, 0.15) is 6.42 Å². The summed E-state index contributed by atoms with van der Waals surface area (Å²) < 4.78 is 29.4. The van der Waals surface area contributed by atoms with Gasteiger partial charge in [0.05, 0.1) is 19.3 Å². The number of hydrogen-bond donors (Lipinski definition) is 2. The van der Waals surface area contributed by atoms with Crippen LogP contribution in [0.4, 0.5) is 20.2 Å². The highest BCUT2D eigenvalue weighted by Gasteiger charge is 2.11. The van der Waals surface area contributed by atoms with E-state index in [1.807, 2.05) is 0 Å². The lowest BCUT2D eigenvalue weighted by molar-refractivity contribution is -0.116. The van der Waals surface area contributed by atoms with Crippen molar-refractivity contribution in [2.45, 2.75) is 12.8 Å². The van der Waals surface area contributed by atoms with E-state index in [2.05, 4.69) is 5.32 Å². The zero-order valence-corrected chi connectivity index (χ0v) is 11.5. The monoisotopic (exact) mass is 287 g/mol. The number of nitrogens with two attached hydrogens (primary N) is 1. The van der Waals surface area contributed by atoms with Gasteiger partial charge in [-0.3, -0.25) is 4.79 Å². The minimum absolute atomic E-state index is 0.112. The molecule has 0 aromatic heterocycles. The normalized spacial score (nSPS) is 10.9. The van der Waals surface area contributed by atoms with E-state index in [-0.39, 0.29) is 25.4 Å². The molecule has 5 nitrogen and oxygen atoms in total. The molecule has 1 rings (SSSR count). The molecular formula is C13H19F2N3O2. The first-order chi connectivity index (χ1) is 9.42. The minimum Gasteiger partial charge on any atom is -0.495 e. The van der Waals surface area contributed by atoms with Crippen molar-refractivity contribution in [2.75, 3.05) is 38.3 Å². The Labute approximate surface area is 116 Å². The summed E-state index contributed by atoms with van der Waals surface area (Å²) in [6, 6.07) is 4.89. The predicted octanol–water partition coefficient (Wildman–Crippen LogP) is 1.80. The van der Waals surface area contributed by atoms with Gasteiger partial charge in [-0.2, -0.15) is 0 Å². The molecule has 0 aliphatic carbocycles. The van der Waals surface area contributed by atoms with Crippen LogP contribution in [0.15, 0.2) is 18.2 Å². The zero-order valence-electron chi connectivity index (χ0n) is 11.5. The number of alkyl halides is 2. The summed E-state index contributed by atoms with van der Waals surface area (Å²) in [6.07, 6.45) is -2.29. The van der Waals surface area contributed by atoms with Gasteiger partial charge in [0, 0.05) is 18.7 Å². The fourth-order valence-corrected chi connectivity index (χ4v) is 1.66. The summed E-state index contributed by atoms with van der Waals surface area (Å²) in [5, 5.41) is 2.65. The highest BCUT2D eigenvalue weighted by molar-refractivity contribution is 5.93. The number of benzene rings is 1. The van der Waals surface area contributed by atoms with Crippen LogP contribution in [0.5, 0.6) is 5.75 Å². The molecule has 0 atom stereocenters. The SMILES string of the molecule is COc1ccc(N)cc1NC(=O)CCN(C)CC(F)F. The molecule has 7 heteroatoms. The highest BCUT2D eigenvalue weighted by atomic mass is 19.3. The van der Waals surface area contributed by atoms with E-state index in [1.165, 1.54) is 12.0 Å². The maximum absolute atomic E-state index is 12.1. The Kier molecular flexibility index (Phi) is 6.17. The second-order valence-electron chi connectivity index (χ2n) is 4.41. The van der Waals surface area contributed by atoms with Crippen molar-refractivity contribution in [2.24, 2.45) is 0 Å². The lowest BCUT2D eigenvalue weighted by atomic mass is 10.2. The number of rotatable bonds is 7. The highest BCUT2D eigenvalue weighted by Crippen LogP contribution is 2.26. The fourth-order valence-electron chi connectivity index (χ4n) is 1.66. The standard InChI is InChI=1S/C13H19F2N3O2/c1-18(8-12(14)15)6-5-13(19)17-10-7-9(16)3-4-11(10)20-2/h3-4,7,12H,5-6,8,16H2,1-2H3,(H,17,19). The average Bonchev–Trinajstić information content (AvgIpc) is 2.36. The molecule has 0 saturated carbocycles. The molecule has 0 spiro atoms. The van der Waals surface area contributed by atoms with Crippen LogP contribution >= 0.6 is 0 Å². The van der Waals surface area contributed by atoms with Crippen molar-refractivity contribution in [3.63, 3.8) is 0 Å². The van der Waals surface area contributed by atoms with Crippen LogP contribution in [0.2, 0.25) is 0 Å². The second-order valence-corrected chi connectivity index (χ2v) is 4.41. The number of nitrogen functional groups attached to an aromatic ring is 1. The Morgan fingerprint density at radius 1 is 1.50 bits per heavy atom. The first-order valence-electron chi connectivity index (χ1n) is 6.12. The first-order valence-corrected chi connectivity index (χ1v) is 6.12. The lowest BCUT2D eigenvalue weighted by Gasteiger charge is -2.16. The van der Waals surface area contributed by atoms with Gasteiger partial charge in [-0.25, -0.2) is 8.78 Å². The molecule has 0 radical (unpaired) electrons. The number of halogens is 2. The van der Waals surface area contributed by atoms with Crippen LogP contribution in [0.3, 0.4) is 0 Å². The Morgan fingerprint density at radius 2 is 2.20 bits per heavy atom. The van der Waals surface area contributed by atoms with Crippen molar-refractivity contribution >= 4 is 17.3 Å². The van der Waals surface area contributed by atoms with Crippen molar-refractivity contribution < 1.29 is 18.3 Å². The molecule has 0 heterocycles. The summed E-state index contributed by atoms with van der Waals surface area (Å²) in [5.74, 6) is 0.212. The molecule has 0 fully saturated rings. The van der Waals surface area contributed by atoms with Gasteiger partial charge in [0.25, 0.3) is 6.43 Å². The third-order valence-electron chi connectivity index (χ3n) is 2.67. The zero-order chi connectivity index (χ0) is 15.1. The summed E-state index contributed by atoms with van der Waals surface area (Å²) in [5.41, 5.74) is 6.60. The number of hydrogen-bond acceptors (Lipinski definition) is 4. The van der Waals surface area contributed by atoms with E-state index >= 15 is 0 Å². The third kappa shape index (κ3) is 5.40. The number of ether oxygens (including phenoxy) is 1. The van der Waals surface area contributed by atoms with Gasteiger partial charge >= 0.3 is 0 Å². The van der Waals surface area contributed by atoms with Gasteiger partial charge in [-0.05, 0) is 25.2 Å². The van der Waals surface area contributed by atoms with Gasteiger partial charge < -0.3 is 20.7 Å². The van der Waals surface area contributed by atoms with Crippen LogP contribution in [-0.4, -0.2) is 44.5 Å². The second kappa shape index (κ2) is 7.64. The Bertz CT molecular complexity index is 455. The van der Waals surface area contributed by atoms with E-state index in [1.54, 1.807) is 25.2 Å². The molecule has 112 valence electrons. The molecule has 1 aromatic carbocycles. The third-order valence-corrected chi connectivity index (χ3v) is 2.67. The van der Waals surface area contributed by atoms with E-state index < -0.39 is 6.43 Å². The van der Waals surface area contributed by atoms with E-state index in [9.17, 15) is 13.6 Å². The van der Waals surface area contributed by atoms with Crippen molar-refractivity contribution in [1.82, 2.24) is 4.90 Å². The molecular weight excluding hydrogens is 268 g/mol. The average molecular weight is 287 g/mol. The molecule has 0 unspecified atom stereocenters.